The van der Waals surface area contributed by atoms with E-state index in [1.54, 1.807) is 12.1 Å². The minimum Gasteiger partial charge on any atom is -0.380 e. The van der Waals surface area contributed by atoms with E-state index in [2.05, 4.69) is 5.16 Å². The fourth-order valence-electron chi connectivity index (χ4n) is 1.88. The molecule has 1 saturated carbocycles. The number of rotatable bonds is 2. The van der Waals surface area contributed by atoms with Crippen molar-refractivity contribution >= 4 is 29.0 Å². The van der Waals surface area contributed by atoms with Gasteiger partial charge in [-0.05, 0) is 30.5 Å². The summed E-state index contributed by atoms with van der Waals surface area (Å²) in [5.41, 5.74) is 7.60. The maximum Gasteiger partial charge on any atom is 0.175 e. The van der Waals surface area contributed by atoms with Crippen LogP contribution in [-0.4, -0.2) is 5.16 Å². The van der Waals surface area contributed by atoms with Crippen LogP contribution in [0.25, 0.3) is 11.1 Å². The molecule has 3 nitrogen and oxygen atoms in total. The zero-order chi connectivity index (χ0) is 12.0. The Bertz CT molecular complexity index is 576. The lowest BCUT2D eigenvalue weighted by Gasteiger charge is -2.03. The number of nitrogen functional groups attached to an aromatic ring is 1. The Morgan fingerprint density at radius 3 is 2.65 bits per heavy atom. The van der Waals surface area contributed by atoms with Crippen molar-refractivity contribution in [2.45, 2.75) is 18.8 Å². The molecule has 1 aromatic heterocycles. The number of aromatic nitrogens is 1. The highest BCUT2D eigenvalue weighted by Gasteiger charge is 2.32. The third-order valence-electron chi connectivity index (χ3n) is 2.90. The molecule has 5 heteroatoms. The number of nitrogens with zero attached hydrogens (tertiary/aromatic N) is 1. The Kier molecular flexibility index (Phi) is 2.53. The van der Waals surface area contributed by atoms with Crippen LogP contribution in [0.3, 0.4) is 0 Å². The van der Waals surface area contributed by atoms with E-state index in [0.717, 1.165) is 29.7 Å². The zero-order valence-corrected chi connectivity index (χ0v) is 10.4. The molecule has 1 aliphatic carbocycles. The molecule has 2 N–H and O–H groups in total. The van der Waals surface area contributed by atoms with Gasteiger partial charge in [-0.15, -0.1) is 0 Å². The number of halogens is 2. The standard InChI is InChI=1S/C12H10Cl2N2O/c13-8-4-3-7(5-9(8)14)10-11(6-1-2-6)17-16-12(10)15/h3-6H,1-2H2,(H2,15,16). The highest BCUT2D eigenvalue weighted by molar-refractivity contribution is 6.42. The lowest BCUT2D eigenvalue weighted by molar-refractivity contribution is 0.387. The molecule has 0 amide bonds. The Labute approximate surface area is 108 Å². The van der Waals surface area contributed by atoms with Gasteiger partial charge in [0.15, 0.2) is 5.82 Å². The van der Waals surface area contributed by atoms with Crippen LogP contribution in [0, 0.1) is 0 Å². The molecule has 1 aromatic carbocycles. The molecule has 0 atom stereocenters. The summed E-state index contributed by atoms with van der Waals surface area (Å²) in [6, 6.07) is 5.42. The SMILES string of the molecule is Nc1noc(C2CC2)c1-c1ccc(Cl)c(Cl)c1. The minimum atomic E-state index is 0.408. The average molecular weight is 269 g/mol. The molecule has 0 saturated heterocycles. The van der Waals surface area contributed by atoms with Crippen molar-refractivity contribution in [3.63, 3.8) is 0 Å². The number of nitrogens with two attached hydrogens (primary N) is 1. The van der Waals surface area contributed by atoms with Crippen molar-refractivity contribution in [2.24, 2.45) is 0 Å². The smallest absolute Gasteiger partial charge is 0.175 e. The third-order valence-corrected chi connectivity index (χ3v) is 3.64. The van der Waals surface area contributed by atoms with Crippen LogP contribution >= 0.6 is 23.2 Å². The summed E-state index contributed by atoms with van der Waals surface area (Å²) >= 11 is 11.9. The largest absolute Gasteiger partial charge is 0.380 e. The molecule has 0 aliphatic heterocycles. The van der Waals surface area contributed by atoms with E-state index < -0.39 is 0 Å². The predicted molar refractivity (Wildman–Crippen MR) is 68.3 cm³/mol. The number of hydrogen-bond donors (Lipinski definition) is 1. The van der Waals surface area contributed by atoms with Gasteiger partial charge in [-0.2, -0.15) is 0 Å². The van der Waals surface area contributed by atoms with Crippen molar-refractivity contribution in [2.75, 3.05) is 5.73 Å². The molecule has 0 unspecified atom stereocenters. The summed E-state index contributed by atoms with van der Waals surface area (Å²) < 4.78 is 5.29. The van der Waals surface area contributed by atoms with Crippen molar-refractivity contribution in [3.8, 4) is 11.1 Å². The summed E-state index contributed by atoms with van der Waals surface area (Å²) in [5.74, 6) is 1.72. The summed E-state index contributed by atoms with van der Waals surface area (Å²) in [7, 11) is 0. The lowest BCUT2D eigenvalue weighted by atomic mass is 10.0. The van der Waals surface area contributed by atoms with Crippen molar-refractivity contribution in [1.29, 1.82) is 0 Å². The summed E-state index contributed by atoms with van der Waals surface area (Å²) in [6.45, 7) is 0. The van der Waals surface area contributed by atoms with Gasteiger partial charge < -0.3 is 10.3 Å². The summed E-state index contributed by atoms with van der Waals surface area (Å²) in [5, 5.41) is 4.87. The predicted octanol–water partition coefficient (Wildman–Crippen LogP) is 4.11. The normalized spacial score (nSPS) is 15.2. The second kappa shape index (κ2) is 3.93. The number of anilines is 1. The molecule has 1 heterocycles. The molecule has 0 spiro atoms. The molecule has 0 radical (unpaired) electrons. The van der Waals surface area contributed by atoms with Crippen molar-refractivity contribution in [3.05, 3.63) is 34.0 Å². The molecule has 3 rings (SSSR count). The highest BCUT2D eigenvalue weighted by atomic mass is 35.5. The molecule has 1 aliphatic rings. The van der Waals surface area contributed by atoms with E-state index in [1.165, 1.54) is 0 Å². The number of benzene rings is 1. The second-order valence-corrected chi connectivity index (χ2v) is 5.02. The third kappa shape index (κ3) is 1.90. The van der Waals surface area contributed by atoms with E-state index in [1.807, 2.05) is 6.07 Å². The van der Waals surface area contributed by atoms with E-state index in [9.17, 15) is 0 Å². The van der Waals surface area contributed by atoms with Gasteiger partial charge in [0.1, 0.15) is 5.76 Å². The van der Waals surface area contributed by atoms with E-state index in [0.29, 0.717) is 21.8 Å². The fraction of sp³-hybridized carbons (Fsp3) is 0.250. The summed E-state index contributed by atoms with van der Waals surface area (Å²) in [6.07, 6.45) is 2.26. The molecule has 1 fully saturated rings. The first kappa shape index (κ1) is 10.9. The molecular formula is C12H10Cl2N2O. The Balaban J connectivity index is 2.13. The Morgan fingerprint density at radius 2 is 2.00 bits per heavy atom. The van der Waals surface area contributed by atoms with Crippen LogP contribution in [0.1, 0.15) is 24.5 Å². The first-order chi connectivity index (χ1) is 8.16. The van der Waals surface area contributed by atoms with Gasteiger partial charge in [-0.1, -0.05) is 34.4 Å². The van der Waals surface area contributed by atoms with Crippen LogP contribution < -0.4 is 5.73 Å². The van der Waals surface area contributed by atoms with Crippen LogP contribution in [0.2, 0.25) is 10.0 Å². The topological polar surface area (TPSA) is 52.0 Å². The first-order valence-electron chi connectivity index (χ1n) is 5.37. The number of hydrogen-bond acceptors (Lipinski definition) is 3. The zero-order valence-electron chi connectivity index (χ0n) is 8.91. The first-order valence-corrected chi connectivity index (χ1v) is 6.13. The van der Waals surface area contributed by atoms with Gasteiger partial charge in [0, 0.05) is 5.92 Å². The van der Waals surface area contributed by atoms with Gasteiger partial charge >= 0.3 is 0 Å². The Morgan fingerprint density at radius 1 is 1.24 bits per heavy atom. The molecule has 17 heavy (non-hydrogen) atoms. The van der Waals surface area contributed by atoms with Crippen LogP contribution in [0.15, 0.2) is 22.7 Å². The van der Waals surface area contributed by atoms with Gasteiger partial charge in [-0.25, -0.2) is 0 Å². The molecule has 0 bridgehead atoms. The molecule has 88 valence electrons. The van der Waals surface area contributed by atoms with Crippen LogP contribution in [-0.2, 0) is 0 Å². The minimum absolute atomic E-state index is 0.408. The van der Waals surface area contributed by atoms with Crippen LogP contribution in [0.4, 0.5) is 5.82 Å². The van der Waals surface area contributed by atoms with E-state index >= 15 is 0 Å². The van der Waals surface area contributed by atoms with Gasteiger partial charge in [-0.3, -0.25) is 0 Å². The fourth-order valence-corrected chi connectivity index (χ4v) is 2.18. The van der Waals surface area contributed by atoms with Crippen LogP contribution in [0.5, 0.6) is 0 Å². The quantitative estimate of drug-likeness (QED) is 0.892. The molecular weight excluding hydrogens is 259 g/mol. The molecule has 2 aromatic rings. The monoisotopic (exact) mass is 268 g/mol. The lowest BCUT2D eigenvalue weighted by Crippen LogP contribution is -1.89. The highest BCUT2D eigenvalue weighted by Crippen LogP contribution is 2.46. The van der Waals surface area contributed by atoms with Gasteiger partial charge in [0.05, 0.1) is 15.6 Å². The maximum absolute atomic E-state index is 6.01. The average Bonchev–Trinajstić information content (AvgIpc) is 3.07. The van der Waals surface area contributed by atoms with Gasteiger partial charge in [0.2, 0.25) is 0 Å². The maximum atomic E-state index is 6.01. The van der Waals surface area contributed by atoms with Gasteiger partial charge in [0.25, 0.3) is 0 Å². The Hall–Kier alpha value is -1.19. The summed E-state index contributed by atoms with van der Waals surface area (Å²) in [4.78, 5) is 0. The van der Waals surface area contributed by atoms with Crippen molar-refractivity contribution in [1.82, 2.24) is 5.16 Å². The second-order valence-electron chi connectivity index (χ2n) is 4.21. The van der Waals surface area contributed by atoms with Crippen molar-refractivity contribution < 1.29 is 4.52 Å². The van der Waals surface area contributed by atoms with E-state index in [-0.39, 0.29) is 0 Å². The van der Waals surface area contributed by atoms with E-state index in [4.69, 9.17) is 33.5 Å².